The SMILES string of the molecule is NC(COc1c(Br)cccc1[N+](=O)[O-])(C(=O)O)C1CC1. The lowest BCUT2D eigenvalue weighted by Gasteiger charge is -2.24. The number of carboxylic acids is 1. The summed E-state index contributed by atoms with van der Waals surface area (Å²) < 4.78 is 5.75. The maximum Gasteiger partial charge on any atom is 0.327 e. The highest BCUT2D eigenvalue weighted by Gasteiger charge is 2.49. The fourth-order valence-corrected chi connectivity index (χ4v) is 2.40. The van der Waals surface area contributed by atoms with Gasteiger partial charge in [0.15, 0.2) is 5.54 Å². The molecule has 1 fully saturated rings. The molecule has 2 rings (SSSR count). The van der Waals surface area contributed by atoms with Gasteiger partial charge in [0.05, 0.1) is 9.40 Å². The number of aliphatic carboxylic acids is 1. The number of hydrogen-bond acceptors (Lipinski definition) is 5. The highest BCUT2D eigenvalue weighted by molar-refractivity contribution is 9.10. The molecule has 20 heavy (non-hydrogen) atoms. The Kier molecular flexibility index (Phi) is 3.96. The summed E-state index contributed by atoms with van der Waals surface area (Å²) in [5.41, 5.74) is 4.12. The molecule has 108 valence electrons. The largest absolute Gasteiger partial charge is 0.483 e. The molecule has 1 unspecified atom stereocenters. The molecule has 8 heteroatoms. The van der Waals surface area contributed by atoms with Gasteiger partial charge in [-0.15, -0.1) is 0 Å². The summed E-state index contributed by atoms with van der Waals surface area (Å²) in [5, 5.41) is 20.2. The second-order valence-corrected chi connectivity index (χ2v) is 5.61. The molecule has 0 heterocycles. The lowest BCUT2D eigenvalue weighted by atomic mass is 9.96. The Hall–Kier alpha value is -1.67. The van der Waals surface area contributed by atoms with Crippen molar-refractivity contribution in [2.75, 3.05) is 6.61 Å². The van der Waals surface area contributed by atoms with Crippen molar-refractivity contribution in [2.24, 2.45) is 11.7 Å². The van der Waals surface area contributed by atoms with E-state index in [-0.39, 0.29) is 24.0 Å². The maximum absolute atomic E-state index is 11.3. The first kappa shape index (κ1) is 14.7. The predicted octanol–water partition coefficient (Wildman–Crippen LogP) is 1.93. The van der Waals surface area contributed by atoms with Crippen LogP contribution in [0, 0.1) is 16.0 Å². The number of nitro groups is 1. The van der Waals surface area contributed by atoms with Crippen LogP contribution in [0.1, 0.15) is 12.8 Å². The molecule has 1 aliphatic rings. The van der Waals surface area contributed by atoms with Gasteiger partial charge in [0, 0.05) is 6.07 Å². The number of hydrogen-bond donors (Lipinski definition) is 2. The van der Waals surface area contributed by atoms with Crippen molar-refractivity contribution in [2.45, 2.75) is 18.4 Å². The summed E-state index contributed by atoms with van der Waals surface area (Å²) in [4.78, 5) is 21.6. The zero-order chi connectivity index (χ0) is 14.9. The first-order valence-corrected chi connectivity index (χ1v) is 6.73. The van der Waals surface area contributed by atoms with Crippen LogP contribution in [0.25, 0.3) is 0 Å². The van der Waals surface area contributed by atoms with Crippen LogP contribution >= 0.6 is 15.9 Å². The molecule has 0 spiro atoms. The fourth-order valence-electron chi connectivity index (χ4n) is 1.93. The van der Waals surface area contributed by atoms with Crippen LogP contribution in [-0.2, 0) is 4.79 Å². The Balaban J connectivity index is 2.22. The monoisotopic (exact) mass is 344 g/mol. The van der Waals surface area contributed by atoms with E-state index >= 15 is 0 Å². The highest BCUT2D eigenvalue weighted by atomic mass is 79.9. The van der Waals surface area contributed by atoms with Crippen molar-refractivity contribution in [3.05, 3.63) is 32.8 Å². The van der Waals surface area contributed by atoms with Crippen LogP contribution in [-0.4, -0.2) is 28.1 Å². The first-order valence-electron chi connectivity index (χ1n) is 5.94. The lowest BCUT2D eigenvalue weighted by Crippen LogP contribution is -2.54. The molecule has 0 saturated heterocycles. The number of ether oxygens (including phenoxy) is 1. The number of carbonyl (C=O) groups is 1. The Labute approximate surface area is 123 Å². The predicted molar refractivity (Wildman–Crippen MR) is 73.6 cm³/mol. The number of nitrogens with two attached hydrogens (primary N) is 1. The topological polar surface area (TPSA) is 116 Å². The Morgan fingerprint density at radius 1 is 1.60 bits per heavy atom. The normalized spacial score (nSPS) is 17.3. The minimum atomic E-state index is -1.51. The van der Waals surface area contributed by atoms with Gasteiger partial charge >= 0.3 is 11.7 Å². The van der Waals surface area contributed by atoms with Crippen molar-refractivity contribution in [3.8, 4) is 5.75 Å². The van der Waals surface area contributed by atoms with Crippen molar-refractivity contribution in [3.63, 3.8) is 0 Å². The zero-order valence-corrected chi connectivity index (χ0v) is 12.0. The molecule has 0 radical (unpaired) electrons. The van der Waals surface area contributed by atoms with Gasteiger partial charge in [-0.05, 0) is 40.8 Å². The second kappa shape index (κ2) is 5.37. The van der Waals surface area contributed by atoms with Gasteiger partial charge in [0.25, 0.3) is 0 Å². The van der Waals surface area contributed by atoms with E-state index in [9.17, 15) is 20.0 Å². The second-order valence-electron chi connectivity index (χ2n) is 4.75. The Morgan fingerprint density at radius 3 is 2.75 bits per heavy atom. The molecular formula is C12H13BrN2O5. The summed E-state index contributed by atoms with van der Waals surface area (Å²) in [6, 6.07) is 4.37. The molecule has 1 saturated carbocycles. The van der Waals surface area contributed by atoms with Gasteiger partial charge in [-0.3, -0.25) is 14.9 Å². The summed E-state index contributed by atoms with van der Waals surface area (Å²) in [5.74, 6) is -1.31. The minimum Gasteiger partial charge on any atom is -0.483 e. The number of benzene rings is 1. The van der Waals surface area contributed by atoms with E-state index in [0.717, 1.165) is 12.8 Å². The zero-order valence-electron chi connectivity index (χ0n) is 10.4. The number of carboxylic acid groups (broad SMARTS) is 1. The molecule has 0 bridgehead atoms. The van der Waals surface area contributed by atoms with Gasteiger partial charge in [-0.1, -0.05) is 6.07 Å². The molecule has 1 aromatic carbocycles. The van der Waals surface area contributed by atoms with Crippen molar-refractivity contribution < 1.29 is 19.6 Å². The number of para-hydroxylation sites is 1. The van der Waals surface area contributed by atoms with Crippen molar-refractivity contribution in [1.82, 2.24) is 0 Å². The number of nitrogens with zero attached hydrogens (tertiary/aromatic N) is 1. The van der Waals surface area contributed by atoms with Crippen molar-refractivity contribution >= 4 is 27.6 Å². The van der Waals surface area contributed by atoms with E-state index in [2.05, 4.69) is 15.9 Å². The van der Waals surface area contributed by atoms with Crippen LogP contribution in [0.2, 0.25) is 0 Å². The fraction of sp³-hybridized carbons (Fsp3) is 0.417. The molecule has 0 aromatic heterocycles. The number of rotatable bonds is 6. The molecule has 0 aliphatic heterocycles. The van der Waals surface area contributed by atoms with Crippen LogP contribution in [0.4, 0.5) is 5.69 Å². The van der Waals surface area contributed by atoms with E-state index in [0.29, 0.717) is 4.47 Å². The van der Waals surface area contributed by atoms with E-state index in [1.165, 1.54) is 12.1 Å². The van der Waals surface area contributed by atoms with Gasteiger partial charge in [-0.2, -0.15) is 0 Å². The van der Waals surface area contributed by atoms with E-state index in [4.69, 9.17) is 10.5 Å². The van der Waals surface area contributed by atoms with E-state index < -0.39 is 16.4 Å². The number of nitro benzene ring substituents is 1. The molecule has 3 N–H and O–H groups in total. The summed E-state index contributed by atoms with van der Waals surface area (Å²) >= 11 is 3.16. The molecule has 1 aromatic rings. The quantitative estimate of drug-likeness (QED) is 0.601. The lowest BCUT2D eigenvalue weighted by molar-refractivity contribution is -0.386. The third kappa shape index (κ3) is 2.75. The number of halogens is 1. The Morgan fingerprint density at radius 2 is 2.25 bits per heavy atom. The van der Waals surface area contributed by atoms with Crippen LogP contribution < -0.4 is 10.5 Å². The Bertz CT molecular complexity index is 561. The van der Waals surface area contributed by atoms with Gasteiger partial charge in [0.1, 0.15) is 6.61 Å². The molecule has 7 nitrogen and oxygen atoms in total. The highest BCUT2D eigenvalue weighted by Crippen LogP contribution is 2.40. The molecule has 1 aliphatic carbocycles. The average molecular weight is 345 g/mol. The smallest absolute Gasteiger partial charge is 0.327 e. The van der Waals surface area contributed by atoms with Gasteiger partial charge in [0.2, 0.25) is 5.75 Å². The van der Waals surface area contributed by atoms with E-state index in [1.54, 1.807) is 6.07 Å². The maximum atomic E-state index is 11.3. The third-order valence-corrected chi connectivity index (χ3v) is 3.93. The van der Waals surface area contributed by atoms with Gasteiger partial charge in [-0.25, -0.2) is 0 Å². The molecule has 0 amide bonds. The van der Waals surface area contributed by atoms with Crippen LogP contribution in [0.3, 0.4) is 0 Å². The first-order chi connectivity index (χ1) is 9.36. The summed E-state index contributed by atoms with van der Waals surface area (Å²) in [6.45, 7) is -0.309. The minimum absolute atomic E-state index is 0.00535. The van der Waals surface area contributed by atoms with Crippen LogP contribution in [0.15, 0.2) is 22.7 Å². The summed E-state index contributed by atoms with van der Waals surface area (Å²) in [6.07, 6.45) is 1.45. The summed E-state index contributed by atoms with van der Waals surface area (Å²) in [7, 11) is 0. The van der Waals surface area contributed by atoms with Crippen LogP contribution in [0.5, 0.6) is 5.75 Å². The van der Waals surface area contributed by atoms with E-state index in [1.807, 2.05) is 0 Å². The van der Waals surface area contributed by atoms with Crippen molar-refractivity contribution in [1.29, 1.82) is 0 Å². The van der Waals surface area contributed by atoms with Gasteiger partial charge < -0.3 is 15.6 Å². The third-order valence-electron chi connectivity index (χ3n) is 3.30. The molecular weight excluding hydrogens is 332 g/mol. The standard InChI is InChI=1S/C12H13BrN2O5/c13-8-2-1-3-9(15(18)19)10(8)20-6-12(14,11(16)17)7-4-5-7/h1-3,7H,4-6,14H2,(H,16,17). The average Bonchev–Trinajstić information content (AvgIpc) is 3.20. The molecule has 1 atom stereocenters.